The minimum atomic E-state index is -4.85. The largest absolute Gasteiger partial charge is 0.478 e. The van der Waals surface area contributed by atoms with Crippen molar-refractivity contribution in [1.82, 2.24) is 0 Å². The molecule has 0 aromatic heterocycles. The van der Waals surface area contributed by atoms with E-state index in [4.69, 9.17) is 22.0 Å². The van der Waals surface area contributed by atoms with Gasteiger partial charge in [0.15, 0.2) is 0 Å². The van der Waals surface area contributed by atoms with Gasteiger partial charge in [0.25, 0.3) is 0 Å². The number of rotatable bonds is 2. The van der Waals surface area contributed by atoms with E-state index in [9.17, 15) is 18.0 Å². The molecule has 1 aromatic rings. The lowest BCUT2D eigenvalue weighted by atomic mass is 9.98. The number of carboxylic acids is 1. The zero-order chi connectivity index (χ0) is 13.2. The van der Waals surface area contributed by atoms with E-state index in [1.54, 1.807) is 0 Å². The third-order valence-electron chi connectivity index (χ3n) is 2.01. The Morgan fingerprint density at radius 1 is 1.47 bits per heavy atom. The van der Waals surface area contributed by atoms with Gasteiger partial charge in [-0.2, -0.15) is 18.4 Å². The van der Waals surface area contributed by atoms with Crippen LogP contribution in [-0.4, -0.2) is 11.1 Å². The molecule has 0 saturated heterocycles. The first-order valence-electron chi connectivity index (χ1n) is 4.24. The zero-order valence-corrected chi connectivity index (χ0v) is 8.93. The van der Waals surface area contributed by atoms with Crippen LogP contribution in [0.2, 0.25) is 0 Å². The van der Waals surface area contributed by atoms with Crippen molar-refractivity contribution in [3.05, 3.63) is 34.4 Å². The molecular weight excluding hydrogens is 259 g/mol. The Labute approximate surface area is 99.0 Å². The Kier molecular flexibility index (Phi) is 3.63. The van der Waals surface area contributed by atoms with Gasteiger partial charge in [-0.1, -0.05) is 0 Å². The number of nitrogens with zero attached hydrogens (tertiary/aromatic N) is 1. The molecule has 1 rings (SSSR count). The van der Waals surface area contributed by atoms with Gasteiger partial charge in [-0.15, -0.1) is 11.6 Å². The highest BCUT2D eigenvalue weighted by atomic mass is 35.5. The van der Waals surface area contributed by atoms with Crippen molar-refractivity contribution in [2.24, 2.45) is 0 Å². The van der Waals surface area contributed by atoms with Gasteiger partial charge in [0.2, 0.25) is 0 Å². The molecule has 0 spiro atoms. The first-order valence-corrected chi connectivity index (χ1v) is 4.78. The lowest BCUT2D eigenvalue weighted by molar-refractivity contribution is -0.138. The maximum atomic E-state index is 12.6. The van der Waals surface area contributed by atoms with Gasteiger partial charge in [0, 0.05) is 5.88 Å². The van der Waals surface area contributed by atoms with E-state index in [0.29, 0.717) is 6.07 Å². The van der Waals surface area contributed by atoms with Gasteiger partial charge in [0.1, 0.15) is 0 Å². The highest BCUT2D eigenvalue weighted by molar-refractivity contribution is 6.17. The number of nitriles is 1. The first kappa shape index (κ1) is 13.3. The summed E-state index contributed by atoms with van der Waals surface area (Å²) in [4.78, 5) is 10.8. The lowest BCUT2D eigenvalue weighted by Gasteiger charge is -2.13. The summed E-state index contributed by atoms with van der Waals surface area (Å²) in [6.07, 6.45) is -4.85. The van der Waals surface area contributed by atoms with Crippen molar-refractivity contribution >= 4 is 17.6 Å². The van der Waals surface area contributed by atoms with E-state index in [2.05, 4.69) is 0 Å². The van der Waals surface area contributed by atoms with Crippen LogP contribution in [0.3, 0.4) is 0 Å². The topological polar surface area (TPSA) is 61.1 Å². The van der Waals surface area contributed by atoms with Crippen LogP contribution in [0.1, 0.15) is 27.0 Å². The number of carbonyl (C=O) groups is 1. The fraction of sp³-hybridized carbons (Fsp3) is 0.200. The van der Waals surface area contributed by atoms with Crippen LogP contribution in [-0.2, 0) is 12.1 Å². The van der Waals surface area contributed by atoms with Gasteiger partial charge in [0.05, 0.1) is 22.8 Å². The zero-order valence-electron chi connectivity index (χ0n) is 8.18. The summed E-state index contributed by atoms with van der Waals surface area (Å²) in [5.41, 5.74) is -2.78. The highest BCUT2D eigenvalue weighted by Crippen LogP contribution is 2.34. The molecule has 1 aromatic carbocycles. The normalized spacial score (nSPS) is 11.0. The molecule has 7 heteroatoms. The number of carboxylic acid groups (broad SMARTS) is 1. The van der Waals surface area contributed by atoms with Gasteiger partial charge in [-0.25, -0.2) is 4.79 Å². The Morgan fingerprint density at radius 3 is 2.41 bits per heavy atom. The van der Waals surface area contributed by atoms with Gasteiger partial charge in [-0.05, 0) is 17.7 Å². The molecule has 1 N–H and O–H groups in total. The van der Waals surface area contributed by atoms with E-state index in [-0.39, 0.29) is 11.1 Å². The second kappa shape index (κ2) is 4.63. The van der Waals surface area contributed by atoms with E-state index >= 15 is 0 Å². The lowest BCUT2D eigenvalue weighted by Crippen LogP contribution is -2.15. The SMILES string of the molecule is N#Cc1cc(CCl)c(C(=O)O)c(C(F)(F)F)c1. The standard InChI is InChI=1S/C10H5ClF3NO2/c11-3-6-1-5(4-15)2-7(10(12,13)14)8(6)9(16)17/h1-2H,3H2,(H,16,17). The van der Waals surface area contributed by atoms with E-state index in [0.717, 1.165) is 6.07 Å². The molecule has 0 saturated carbocycles. The molecule has 90 valence electrons. The third-order valence-corrected chi connectivity index (χ3v) is 2.30. The van der Waals surface area contributed by atoms with Crippen molar-refractivity contribution in [3.63, 3.8) is 0 Å². The second-order valence-electron chi connectivity index (χ2n) is 3.11. The first-order chi connectivity index (χ1) is 7.81. The summed E-state index contributed by atoms with van der Waals surface area (Å²) in [6, 6.07) is 3.06. The Hall–Kier alpha value is -1.74. The highest BCUT2D eigenvalue weighted by Gasteiger charge is 2.37. The van der Waals surface area contributed by atoms with E-state index in [1.807, 2.05) is 0 Å². The number of alkyl halides is 4. The van der Waals surface area contributed by atoms with Gasteiger partial charge >= 0.3 is 12.1 Å². The number of halogens is 4. The Balaban J connectivity index is 3.66. The molecule has 0 unspecified atom stereocenters. The van der Waals surface area contributed by atoms with Crippen molar-refractivity contribution in [2.75, 3.05) is 0 Å². The summed E-state index contributed by atoms with van der Waals surface area (Å²) >= 11 is 5.39. The van der Waals surface area contributed by atoms with Crippen molar-refractivity contribution in [2.45, 2.75) is 12.1 Å². The average Bonchev–Trinajstić information content (AvgIpc) is 2.25. The van der Waals surface area contributed by atoms with Crippen molar-refractivity contribution in [1.29, 1.82) is 5.26 Å². The summed E-state index contributed by atoms with van der Waals surface area (Å²) in [7, 11) is 0. The van der Waals surface area contributed by atoms with Gasteiger partial charge < -0.3 is 5.11 Å². The van der Waals surface area contributed by atoms with E-state index < -0.39 is 29.2 Å². The van der Waals surface area contributed by atoms with Crippen LogP contribution < -0.4 is 0 Å². The predicted molar refractivity (Wildman–Crippen MR) is 52.7 cm³/mol. The minimum Gasteiger partial charge on any atom is -0.478 e. The molecule has 0 aliphatic rings. The Bertz CT molecular complexity index is 505. The molecule has 0 fully saturated rings. The molecule has 0 heterocycles. The van der Waals surface area contributed by atoms with Crippen LogP contribution in [0.4, 0.5) is 13.2 Å². The molecule has 0 aliphatic heterocycles. The number of hydrogen-bond acceptors (Lipinski definition) is 2. The number of aromatic carboxylic acids is 1. The molecular formula is C10H5ClF3NO2. The monoisotopic (exact) mass is 263 g/mol. The summed E-state index contributed by atoms with van der Waals surface area (Å²) in [5, 5.41) is 17.3. The number of benzene rings is 1. The summed E-state index contributed by atoms with van der Waals surface area (Å²) < 4.78 is 37.9. The summed E-state index contributed by atoms with van der Waals surface area (Å²) in [5.74, 6) is -2.14. The average molecular weight is 264 g/mol. The van der Waals surface area contributed by atoms with Crippen molar-refractivity contribution in [3.8, 4) is 6.07 Å². The summed E-state index contributed by atoms with van der Waals surface area (Å²) in [6.45, 7) is 0. The fourth-order valence-electron chi connectivity index (χ4n) is 1.35. The Morgan fingerprint density at radius 2 is 2.06 bits per heavy atom. The molecule has 0 atom stereocenters. The molecule has 17 heavy (non-hydrogen) atoms. The minimum absolute atomic E-state index is 0.231. The second-order valence-corrected chi connectivity index (χ2v) is 3.37. The van der Waals surface area contributed by atoms with Gasteiger partial charge in [-0.3, -0.25) is 0 Å². The molecule has 0 radical (unpaired) electrons. The number of hydrogen-bond donors (Lipinski definition) is 1. The molecule has 3 nitrogen and oxygen atoms in total. The maximum Gasteiger partial charge on any atom is 0.417 e. The van der Waals surface area contributed by atoms with E-state index in [1.165, 1.54) is 6.07 Å². The molecule has 0 aliphatic carbocycles. The molecule has 0 amide bonds. The fourth-order valence-corrected chi connectivity index (χ4v) is 1.56. The van der Waals surface area contributed by atoms with Crippen molar-refractivity contribution < 1.29 is 23.1 Å². The van der Waals surface area contributed by atoms with Crippen LogP contribution >= 0.6 is 11.6 Å². The van der Waals surface area contributed by atoms with Crippen LogP contribution in [0, 0.1) is 11.3 Å². The quantitative estimate of drug-likeness (QED) is 0.834. The van der Waals surface area contributed by atoms with Crippen LogP contribution in [0.5, 0.6) is 0 Å². The maximum absolute atomic E-state index is 12.6. The van der Waals surface area contributed by atoms with Crippen LogP contribution in [0.25, 0.3) is 0 Å². The molecule has 0 bridgehead atoms. The predicted octanol–water partition coefficient (Wildman–Crippen LogP) is 3.01. The smallest absolute Gasteiger partial charge is 0.417 e. The van der Waals surface area contributed by atoms with Crippen LogP contribution in [0.15, 0.2) is 12.1 Å². The third kappa shape index (κ3) is 2.68.